The molecule has 0 N–H and O–H groups in total. The quantitative estimate of drug-likeness (QED) is 0.462. The van der Waals surface area contributed by atoms with Crippen LogP contribution in [0.15, 0.2) is 72.8 Å². The maximum absolute atomic E-state index is 11.7. The third-order valence-electron chi connectivity index (χ3n) is 2.92. The molecular formula is C19H18O2. The molecule has 2 aromatic carbocycles. The van der Waals surface area contributed by atoms with Crippen LogP contribution < -0.4 is 0 Å². The molecule has 0 saturated heterocycles. The largest absolute Gasteiger partial charge is 0.463 e. The molecule has 0 aliphatic heterocycles. The van der Waals surface area contributed by atoms with E-state index in [9.17, 15) is 4.79 Å². The highest BCUT2D eigenvalue weighted by Gasteiger charge is 2.02. The Morgan fingerprint density at radius 1 is 1.00 bits per heavy atom. The molecule has 2 rings (SSSR count). The summed E-state index contributed by atoms with van der Waals surface area (Å²) in [4.78, 5) is 11.7. The van der Waals surface area contributed by atoms with Gasteiger partial charge in [0, 0.05) is 6.08 Å². The highest BCUT2D eigenvalue weighted by molar-refractivity contribution is 5.95. The molecule has 106 valence electrons. The Kier molecular flexibility index (Phi) is 5.53. The van der Waals surface area contributed by atoms with Crippen LogP contribution in [0.5, 0.6) is 0 Å². The van der Waals surface area contributed by atoms with Gasteiger partial charge in [0.1, 0.15) is 0 Å². The van der Waals surface area contributed by atoms with Crippen LogP contribution in [0.3, 0.4) is 0 Å². The highest BCUT2D eigenvalue weighted by atomic mass is 16.5. The Bertz CT molecular complexity index is 625. The minimum atomic E-state index is -0.325. The average Bonchev–Trinajstić information content (AvgIpc) is 2.53. The van der Waals surface area contributed by atoms with Gasteiger partial charge < -0.3 is 4.74 Å². The molecule has 0 atom stereocenters. The van der Waals surface area contributed by atoms with E-state index in [1.165, 1.54) is 6.08 Å². The minimum absolute atomic E-state index is 0.325. The molecule has 2 aromatic rings. The summed E-state index contributed by atoms with van der Waals surface area (Å²) in [6, 6.07) is 19.8. The maximum atomic E-state index is 11.7. The minimum Gasteiger partial charge on any atom is -0.463 e. The van der Waals surface area contributed by atoms with Gasteiger partial charge in [0.2, 0.25) is 0 Å². The standard InChI is InChI=1S/C19H18O2/c1-2-21-19(20)15-18(17-11-7-4-8-12-17)14-13-16-9-5-3-6-10-16/h3-15H,2H2,1H3/b14-13+,18-15+. The van der Waals surface area contributed by atoms with E-state index in [-0.39, 0.29) is 5.97 Å². The summed E-state index contributed by atoms with van der Waals surface area (Å²) < 4.78 is 5.00. The van der Waals surface area contributed by atoms with Crippen LogP contribution in [0.1, 0.15) is 18.1 Å². The second-order valence-corrected chi connectivity index (χ2v) is 4.46. The molecule has 0 aliphatic carbocycles. The van der Waals surface area contributed by atoms with Gasteiger partial charge in [-0.1, -0.05) is 72.8 Å². The Morgan fingerprint density at radius 2 is 1.62 bits per heavy atom. The lowest BCUT2D eigenvalue weighted by Crippen LogP contribution is -2.00. The van der Waals surface area contributed by atoms with Gasteiger partial charge in [0.25, 0.3) is 0 Å². The van der Waals surface area contributed by atoms with Crippen molar-refractivity contribution in [3.8, 4) is 0 Å². The van der Waals surface area contributed by atoms with Gasteiger partial charge in [-0.15, -0.1) is 0 Å². The van der Waals surface area contributed by atoms with E-state index >= 15 is 0 Å². The normalized spacial score (nSPS) is 11.6. The number of hydrogen-bond donors (Lipinski definition) is 0. The summed E-state index contributed by atoms with van der Waals surface area (Å²) in [6.07, 6.45) is 5.44. The van der Waals surface area contributed by atoms with Crippen molar-refractivity contribution >= 4 is 17.6 Å². The fraction of sp³-hybridized carbons (Fsp3) is 0.105. The zero-order valence-corrected chi connectivity index (χ0v) is 12.0. The fourth-order valence-electron chi connectivity index (χ4n) is 1.92. The lowest BCUT2D eigenvalue weighted by Gasteiger charge is -2.03. The van der Waals surface area contributed by atoms with Gasteiger partial charge in [0.05, 0.1) is 6.61 Å². The number of rotatable bonds is 5. The topological polar surface area (TPSA) is 26.3 Å². The molecular weight excluding hydrogens is 260 g/mol. The lowest BCUT2D eigenvalue weighted by atomic mass is 10.0. The van der Waals surface area contributed by atoms with Gasteiger partial charge in [-0.3, -0.25) is 0 Å². The smallest absolute Gasteiger partial charge is 0.331 e. The van der Waals surface area contributed by atoms with Gasteiger partial charge in [-0.05, 0) is 23.6 Å². The summed E-state index contributed by atoms with van der Waals surface area (Å²) >= 11 is 0. The number of hydrogen-bond acceptors (Lipinski definition) is 2. The number of esters is 1. The summed E-state index contributed by atoms with van der Waals surface area (Å²) in [5, 5.41) is 0. The lowest BCUT2D eigenvalue weighted by molar-refractivity contribution is -0.137. The van der Waals surface area contributed by atoms with E-state index in [0.29, 0.717) is 6.61 Å². The second-order valence-electron chi connectivity index (χ2n) is 4.46. The van der Waals surface area contributed by atoms with Crippen LogP contribution in [-0.2, 0) is 9.53 Å². The zero-order chi connectivity index (χ0) is 14.9. The molecule has 0 amide bonds. The van der Waals surface area contributed by atoms with Crippen molar-refractivity contribution in [3.05, 3.63) is 83.9 Å². The van der Waals surface area contributed by atoms with Crippen molar-refractivity contribution in [2.75, 3.05) is 6.61 Å². The van der Waals surface area contributed by atoms with Gasteiger partial charge >= 0.3 is 5.97 Å². The molecule has 0 spiro atoms. The summed E-state index contributed by atoms with van der Waals surface area (Å²) in [7, 11) is 0. The molecule has 2 heteroatoms. The molecule has 0 bridgehead atoms. The van der Waals surface area contributed by atoms with Crippen LogP contribution in [0.4, 0.5) is 0 Å². The monoisotopic (exact) mass is 278 g/mol. The van der Waals surface area contributed by atoms with Crippen LogP contribution in [0.2, 0.25) is 0 Å². The van der Waals surface area contributed by atoms with Crippen molar-refractivity contribution in [2.45, 2.75) is 6.92 Å². The van der Waals surface area contributed by atoms with Gasteiger partial charge in [-0.25, -0.2) is 4.79 Å². The Balaban J connectivity index is 2.28. The van der Waals surface area contributed by atoms with E-state index < -0.39 is 0 Å². The molecule has 0 aliphatic rings. The van der Waals surface area contributed by atoms with E-state index in [4.69, 9.17) is 4.74 Å². The molecule has 0 saturated carbocycles. The number of carbonyl (C=O) groups excluding carboxylic acids is 1. The molecule has 0 aromatic heterocycles. The molecule has 21 heavy (non-hydrogen) atoms. The van der Waals surface area contributed by atoms with Crippen LogP contribution in [0.25, 0.3) is 11.6 Å². The predicted molar refractivity (Wildman–Crippen MR) is 86.5 cm³/mol. The number of ether oxygens (including phenoxy) is 1. The molecule has 0 unspecified atom stereocenters. The second kappa shape index (κ2) is 7.85. The average molecular weight is 278 g/mol. The van der Waals surface area contributed by atoms with Crippen molar-refractivity contribution < 1.29 is 9.53 Å². The van der Waals surface area contributed by atoms with Crippen molar-refractivity contribution in [2.24, 2.45) is 0 Å². The maximum Gasteiger partial charge on any atom is 0.331 e. The summed E-state index contributed by atoms with van der Waals surface area (Å²) in [6.45, 7) is 2.17. The number of benzene rings is 2. The molecule has 0 radical (unpaired) electrons. The Labute approximate surface area is 125 Å². The van der Waals surface area contributed by atoms with E-state index in [1.807, 2.05) is 72.8 Å². The van der Waals surface area contributed by atoms with Crippen LogP contribution >= 0.6 is 0 Å². The van der Waals surface area contributed by atoms with E-state index in [2.05, 4.69) is 0 Å². The van der Waals surface area contributed by atoms with E-state index in [0.717, 1.165) is 16.7 Å². The first-order valence-corrected chi connectivity index (χ1v) is 6.96. The van der Waals surface area contributed by atoms with Crippen molar-refractivity contribution in [3.63, 3.8) is 0 Å². The SMILES string of the molecule is CCOC(=O)/C=C(\C=C\c1ccccc1)c1ccccc1. The first-order chi connectivity index (χ1) is 10.3. The number of carbonyl (C=O) groups is 1. The Morgan fingerprint density at radius 3 is 2.24 bits per heavy atom. The third-order valence-corrected chi connectivity index (χ3v) is 2.92. The molecule has 2 nitrogen and oxygen atoms in total. The predicted octanol–water partition coefficient (Wildman–Crippen LogP) is 4.35. The third kappa shape index (κ3) is 4.77. The van der Waals surface area contributed by atoms with Gasteiger partial charge in [0.15, 0.2) is 0 Å². The molecule has 0 fully saturated rings. The van der Waals surface area contributed by atoms with Crippen LogP contribution in [0, 0.1) is 0 Å². The fourth-order valence-corrected chi connectivity index (χ4v) is 1.92. The highest BCUT2D eigenvalue weighted by Crippen LogP contribution is 2.17. The Hall–Kier alpha value is -2.61. The van der Waals surface area contributed by atoms with Crippen LogP contribution in [-0.4, -0.2) is 12.6 Å². The molecule has 0 heterocycles. The van der Waals surface area contributed by atoms with Crippen molar-refractivity contribution in [1.82, 2.24) is 0 Å². The summed E-state index contributed by atoms with van der Waals surface area (Å²) in [5.74, 6) is -0.325. The first-order valence-electron chi connectivity index (χ1n) is 6.96. The first kappa shape index (κ1) is 14.8. The van der Waals surface area contributed by atoms with Crippen molar-refractivity contribution in [1.29, 1.82) is 0 Å². The van der Waals surface area contributed by atoms with E-state index in [1.54, 1.807) is 6.92 Å². The zero-order valence-electron chi connectivity index (χ0n) is 12.0. The number of allylic oxidation sites excluding steroid dienone is 2. The van der Waals surface area contributed by atoms with Gasteiger partial charge in [-0.2, -0.15) is 0 Å². The summed E-state index contributed by atoms with van der Waals surface area (Å²) in [5.41, 5.74) is 2.90.